The lowest BCUT2D eigenvalue weighted by Crippen LogP contribution is -2.23. The van der Waals surface area contributed by atoms with E-state index in [1.54, 1.807) is 42.5 Å². The Balaban J connectivity index is 1.96. The van der Waals surface area contributed by atoms with E-state index in [4.69, 9.17) is 32.1 Å². The summed E-state index contributed by atoms with van der Waals surface area (Å²) in [5.41, 5.74) is 1.98. The van der Waals surface area contributed by atoms with Gasteiger partial charge in [0, 0.05) is 16.1 Å². The summed E-state index contributed by atoms with van der Waals surface area (Å²) in [6.45, 7) is 7.02. The second kappa shape index (κ2) is 11.2. The second-order valence-electron chi connectivity index (χ2n) is 7.41. The van der Waals surface area contributed by atoms with Gasteiger partial charge in [0.1, 0.15) is 24.3 Å². The van der Waals surface area contributed by atoms with Crippen molar-refractivity contribution in [2.45, 2.75) is 24.8 Å². The van der Waals surface area contributed by atoms with E-state index in [1.165, 1.54) is 30.3 Å². The molecule has 0 heterocycles. The smallest absolute Gasteiger partial charge is 0.297 e. The van der Waals surface area contributed by atoms with Crippen molar-refractivity contribution in [3.05, 3.63) is 100 Å². The first kappa shape index (κ1) is 26.0. The average molecular weight is 521 g/mol. The van der Waals surface area contributed by atoms with Gasteiger partial charge in [-0.15, -0.1) is 0 Å². The summed E-state index contributed by atoms with van der Waals surface area (Å²) in [6, 6.07) is 13.8. The summed E-state index contributed by atoms with van der Waals surface area (Å²) in [4.78, 5) is 0.0231. The van der Waals surface area contributed by atoms with Gasteiger partial charge in [0.2, 0.25) is 0 Å². The Morgan fingerprint density at radius 1 is 1.09 bits per heavy atom. The molecule has 4 nitrogen and oxygen atoms in total. The van der Waals surface area contributed by atoms with Crippen LogP contribution < -0.4 is 4.74 Å². The molecule has 34 heavy (non-hydrogen) atoms. The molecule has 0 bridgehead atoms. The molecule has 0 radical (unpaired) electrons. The lowest BCUT2D eigenvalue weighted by atomic mass is 10.00. The van der Waals surface area contributed by atoms with Crippen molar-refractivity contribution in [2.75, 3.05) is 6.61 Å². The van der Waals surface area contributed by atoms with E-state index < -0.39 is 22.0 Å². The molecular formula is C26H23Cl2FO4S. The van der Waals surface area contributed by atoms with Crippen LogP contribution in [0.3, 0.4) is 0 Å². The molecule has 0 aliphatic rings. The van der Waals surface area contributed by atoms with Crippen LogP contribution >= 0.6 is 23.2 Å². The molecule has 3 aromatic rings. The molecule has 0 aliphatic carbocycles. The van der Waals surface area contributed by atoms with E-state index in [1.807, 2.05) is 13.8 Å². The summed E-state index contributed by atoms with van der Waals surface area (Å²) in [5, 5.41) is 0.641. The number of hydrogen-bond donors (Lipinski definition) is 0. The van der Waals surface area contributed by atoms with E-state index in [-0.39, 0.29) is 27.8 Å². The average Bonchev–Trinajstić information content (AvgIpc) is 2.79. The summed E-state index contributed by atoms with van der Waals surface area (Å²) >= 11 is 12.4. The van der Waals surface area contributed by atoms with Crippen LogP contribution in [0.1, 0.15) is 18.1 Å². The van der Waals surface area contributed by atoms with Gasteiger partial charge in [-0.1, -0.05) is 65.7 Å². The molecule has 0 amide bonds. The number of rotatable bonds is 9. The van der Waals surface area contributed by atoms with Gasteiger partial charge >= 0.3 is 0 Å². The number of ether oxygens (including phenoxy) is 1. The molecule has 0 aromatic heterocycles. The van der Waals surface area contributed by atoms with Crippen LogP contribution in [0.4, 0.5) is 4.39 Å². The summed E-state index contributed by atoms with van der Waals surface area (Å²) in [6.07, 6.45) is 4.00. The van der Waals surface area contributed by atoms with Gasteiger partial charge in [0.15, 0.2) is 0 Å². The Labute approximate surface area is 209 Å². The zero-order valence-electron chi connectivity index (χ0n) is 18.6. The van der Waals surface area contributed by atoms with Gasteiger partial charge in [0.05, 0.1) is 15.5 Å². The fourth-order valence-corrected chi connectivity index (χ4v) is 4.61. The number of allylic oxidation sites excluding steroid dienone is 1. The number of aryl methyl sites for hydroxylation is 1. The lowest BCUT2D eigenvalue weighted by molar-refractivity contribution is 0.168. The predicted octanol–water partition coefficient (Wildman–Crippen LogP) is 7.48. The normalized spacial score (nSPS) is 12.6. The zero-order valence-corrected chi connectivity index (χ0v) is 20.9. The summed E-state index contributed by atoms with van der Waals surface area (Å²) < 4.78 is 51.5. The minimum atomic E-state index is -4.03. The number of benzene rings is 3. The maximum Gasteiger partial charge on any atom is 0.297 e. The minimum absolute atomic E-state index is 0.0231. The Morgan fingerprint density at radius 3 is 2.41 bits per heavy atom. The van der Waals surface area contributed by atoms with E-state index in [0.717, 1.165) is 5.56 Å². The van der Waals surface area contributed by atoms with Crippen molar-refractivity contribution in [3.8, 4) is 16.9 Å². The van der Waals surface area contributed by atoms with E-state index in [9.17, 15) is 8.42 Å². The molecule has 0 aliphatic heterocycles. The van der Waals surface area contributed by atoms with Crippen LogP contribution in [0.5, 0.6) is 5.75 Å². The standard InChI is InChI=1S/C26H23Cl2FO4S/c1-4-6-18-9-14-24(29)25(22-13-10-19(27)15-23(22)28)26(18)33-20(5-2)16-32-34(30,31)21-11-7-17(3)8-12-21/h4-15,20H,2,16H2,1,3H3. The highest BCUT2D eigenvalue weighted by Gasteiger charge is 2.23. The first-order valence-electron chi connectivity index (χ1n) is 10.3. The van der Waals surface area contributed by atoms with Crippen molar-refractivity contribution < 1.29 is 21.7 Å². The first-order chi connectivity index (χ1) is 16.2. The van der Waals surface area contributed by atoms with E-state index >= 15 is 4.39 Å². The molecule has 0 spiro atoms. The molecule has 1 atom stereocenters. The molecule has 0 saturated carbocycles. The van der Waals surface area contributed by atoms with Gasteiger partial charge in [0.25, 0.3) is 10.1 Å². The van der Waals surface area contributed by atoms with Gasteiger partial charge in [-0.3, -0.25) is 4.18 Å². The van der Waals surface area contributed by atoms with Crippen molar-refractivity contribution in [2.24, 2.45) is 0 Å². The molecule has 3 aromatic carbocycles. The third kappa shape index (κ3) is 6.07. The van der Waals surface area contributed by atoms with E-state index in [2.05, 4.69) is 6.58 Å². The molecule has 8 heteroatoms. The minimum Gasteiger partial charge on any atom is -0.483 e. The second-order valence-corrected chi connectivity index (χ2v) is 9.87. The Hall–Kier alpha value is -2.64. The van der Waals surface area contributed by atoms with Crippen LogP contribution in [0.15, 0.2) is 78.2 Å². The molecule has 1 unspecified atom stereocenters. The number of hydrogen-bond acceptors (Lipinski definition) is 4. The molecule has 3 rings (SSSR count). The van der Waals surface area contributed by atoms with Gasteiger partial charge < -0.3 is 4.74 Å². The van der Waals surface area contributed by atoms with Crippen molar-refractivity contribution in [3.63, 3.8) is 0 Å². The van der Waals surface area contributed by atoms with Crippen molar-refractivity contribution in [1.29, 1.82) is 0 Å². The zero-order chi connectivity index (χ0) is 24.9. The predicted molar refractivity (Wildman–Crippen MR) is 135 cm³/mol. The largest absolute Gasteiger partial charge is 0.483 e. The molecular weight excluding hydrogens is 498 g/mol. The highest BCUT2D eigenvalue weighted by molar-refractivity contribution is 7.86. The number of halogens is 3. The van der Waals surface area contributed by atoms with Crippen LogP contribution in [0.2, 0.25) is 10.0 Å². The third-order valence-corrected chi connectivity index (χ3v) is 6.76. The Bertz CT molecular complexity index is 1320. The molecule has 0 N–H and O–H groups in total. The van der Waals surface area contributed by atoms with Crippen LogP contribution in [0, 0.1) is 12.7 Å². The quantitative estimate of drug-likeness (QED) is 0.216. The van der Waals surface area contributed by atoms with Crippen LogP contribution in [-0.2, 0) is 14.3 Å². The Kier molecular flexibility index (Phi) is 8.55. The topological polar surface area (TPSA) is 52.6 Å². The lowest BCUT2D eigenvalue weighted by Gasteiger charge is -2.21. The first-order valence-corrected chi connectivity index (χ1v) is 12.5. The fourth-order valence-electron chi connectivity index (χ4n) is 3.19. The monoisotopic (exact) mass is 520 g/mol. The maximum atomic E-state index is 15.1. The van der Waals surface area contributed by atoms with Gasteiger partial charge in [-0.25, -0.2) is 4.39 Å². The van der Waals surface area contributed by atoms with Crippen molar-refractivity contribution in [1.82, 2.24) is 0 Å². The van der Waals surface area contributed by atoms with Crippen LogP contribution in [-0.4, -0.2) is 21.1 Å². The third-order valence-electron chi connectivity index (χ3n) is 4.91. The Morgan fingerprint density at radius 2 is 1.79 bits per heavy atom. The van der Waals surface area contributed by atoms with Crippen LogP contribution in [0.25, 0.3) is 17.2 Å². The summed E-state index contributed by atoms with van der Waals surface area (Å²) in [7, 11) is -4.03. The molecule has 0 saturated heterocycles. The van der Waals surface area contributed by atoms with E-state index in [0.29, 0.717) is 16.1 Å². The highest BCUT2D eigenvalue weighted by atomic mass is 35.5. The van der Waals surface area contributed by atoms with Crippen molar-refractivity contribution >= 4 is 39.4 Å². The summed E-state index contributed by atoms with van der Waals surface area (Å²) in [5.74, 6) is -0.396. The highest BCUT2D eigenvalue weighted by Crippen LogP contribution is 2.41. The SMILES string of the molecule is C=CC(COS(=O)(=O)c1ccc(C)cc1)Oc1c(C=CC)ccc(F)c1-c1ccc(Cl)cc1Cl. The fraction of sp³-hybridized carbons (Fsp3) is 0.154. The van der Waals surface area contributed by atoms with Gasteiger partial charge in [-0.2, -0.15) is 8.42 Å². The molecule has 0 fully saturated rings. The molecule has 178 valence electrons. The maximum absolute atomic E-state index is 15.1. The van der Waals surface area contributed by atoms with Gasteiger partial charge in [-0.05, 0) is 56.3 Å².